The van der Waals surface area contributed by atoms with Crippen LogP contribution in [-0.4, -0.2) is 28.9 Å². The molecule has 1 saturated carbocycles. The summed E-state index contributed by atoms with van der Waals surface area (Å²) < 4.78 is 14.5. The van der Waals surface area contributed by atoms with Crippen molar-refractivity contribution < 1.29 is 9.18 Å². The molecule has 2 fully saturated rings. The van der Waals surface area contributed by atoms with Gasteiger partial charge in [-0.05, 0) is 116 Å². The number of hydrogen-bond acceptors (Lipinski definition) is 5. The lowest BCUT2D eigenvalue weighted by molar-refractivity contribution is -0.119. The number of aromatic nitrogens is 1. The highest BCUT2D eigenvalue weighted by atomic mass is 32.1. The highest BCUT2D eigenvalue weighted by molar-refractivity contribution is 7.13. The molecule has 2 N–H and O–H groups in total. The van der Waals surface area contributed by atoms with Gasteiger partial charge in [-0.1, -0.05) is 63.3 Å². The summed E-state index contributed by atoms with van der Waals surface area (Å²) in [5.74, 6) is 0.0297. The van der Waals surface area contributed by atoms with Gasteiger partial charge in [-0.3, -0.25) is 10.1 Å². The quantitative estimate of drug-likeness (QED) is 0.233. The van der Waals surface area contributed by atoms with E-state index in [-0.39, 0.29) is 11.7 Å². The van der Waals surface area contributed by atoms with Gasteiger partial charge in [0.15, 0.2) is 5.13 Å². The number of carbonyl (C=O) groups is 1. The second-order valence-corrected chi connectivity index (χ2v) is 12.4. The van der Waals surface area contributed by atoms with Crippen LogP contribution in [0.2, 0.25) is 0 Å². The highest BCUT2D eigenvalue weighted by Gasteiger charge is 2.34. The molecular weight excluding hydrogens is 580 g/mol. The maximum atomic E-state index is 14.5. The fourth-order valence-electron chi connectivity index (χ4n) is 6.30. The van der Waals surface area contributed by atoms with Crippen molar-refractivity contribution in [1.29, 1.82) is 0 Å². The number of nitrogens with zero attached hydrogens (tertiary/aromatic N) is 2. The number of amides is 1. The standard InChI is InChI=1S/C36H39FN4OS.C2H6/c1-2-6-26(27-15-18-38-19-16-27)8-3-7-25-13-14-28-17-21-41(33(32(28)23-25)29-9-4-10-29)34(30-11-5-12-31(37)24-30)35(42)40-36-39-20-22-43-36;1-2/h3,5-6,8,11-14,17,20-24,27,34,38H,2,4,7,9-10,15-16,18-19H2,1H3,(H,39,40,42);1-2H3/b8-3-,26-6+;. The number of anilines is 1. The molecule has 3 aromatic rings. The van der Waals surface area contributed by atoms with Gasteiger partial charge in [0.25, 0.3) is 5.91 Å². The first-order valence-corrected chi connectivity index (χ1v) is 17.3. The smallest absolute Gasteiger partial charge is 0.253 e. The summed E-state index contributed by atoms with van der Waals surface area (Å²) in [6.45, 7) is 8.39. The number of fused-ring (bicyclic) bond motifs is 1. The zero-order valence-corrected chi connectivity index (χ0v) is 27.5. The van der Waals surface area contributed by atoms with Crippen LogP contribution in [0.5, 0.6) is 0 Å². The van der Waals surface area contributed by atoms with Crippen LogP contribution >= 0.6 is 11.3 Å². The van der Waals surface area contributed by atoms with E-state index in [1.165, 1.54) is 53.0 Å². The summed E-state index contributed by atoms with van der Waals surface area (Å²) in [5, 5.41) is 8.81. The van der Waals surface area contributed by atoms with Crippen LogP contribution in [0.4, 0.5) is 9.52 Å². The van der Waals surface area contributed by atoms with E-state index in [0.717, 1.165) is 62.0 Å². The predicted octanol–water partition coefficient (Wildman–Crippen LogP) is 9.30. The van der Waals surface area contributed by atoms with Crippen molar-refractivity contribution in [1.82, 2.24) is 15.2 Å². The molecule has 2 aliphatic heterocycles. The highest BCUT2D eigenvalue weighted by Crippen LogP contribution is 2.44. The molecule has 1 aliphatic carbocycles. The van der Waals surface area contributed by atoms with E-state index in [2.05, 4.69) is 65.0 Å². The SMILES string of the molecule is CC.CC/C=C(\C=C/Cc1ccc2c(c1)C(=C1CCC1)N(C(C(=O)Nc1nccs1)c1cccc(F)c1)C=C2)C1CCNCC1. The molecule has 0 radical (unpaired) electrons. The summed E-state index contributed by atoms with van der Waals surface area (Å²) in [6, 6.07) is 12.3. The van der Waals surface area contributed by atoms with Crippen molar-refractivity contribution in [3.63, 3.8) is 0 Å². The summed E-state index contributed by atoms with van der Waals surface area (Å²) >= 11 is 1.37. The molecule has 0 spiro atoms. The molecule has 1 amide bonds. The molecule has 1 atom stereocenters. The second kappa shape index (κ2) is 16.0. The molecule has 7 heteroatoms. The minimum absolute atomic E-state index is 0.238. The summed E-state index contributed by atoms with van der Waals surface area (Å²) in [5.41, 5.74) is 7.97. The van der Waals surface area contributed by atoms with E-state index >= 15 is 0 Å². The topological polar surface area (TPSA) is 57.3 Å². The summed E-state index contributed by atoms with van der Waals surface area (Å²) in [4.78, 5) is 20.2. The Kier molecular flexibility index (Phi) is 11.6. The fraction of sp³-hybridized carbons (Fsp3) is 0.368. The number of allylic oxidation sites excluding steroid dienone is 5. The number of thiazole rings is 1. The Labute approximate surface area is 271 Å². The molecule has 6 rings (SSSR count). The number of benzene rings is 2. The largest absolute Gasteiger partial charge is 0.331 e. The van der Waals surface area contributed by atoms with Crippen LogP contribution in [0.1, 0.15) is 87.6 Å². The van der Waals surface area contributed by atoms with Crippen molar-refractivity contribution >= 4 is 34.1 Å². The monoisotopic (exact) mass is 624 g/mol. The maximum absolute atomic E-state index is 14.5. The lowest BCUT2D eigenvalue weighted by Gasteiger charge is -2.38. The molecule has 1 aromatic heterocycles. The third-order valence-corrected chi connectivity index (χ3v) is 9.29. The van der Waals surface area contributed by atoms with Crippen molar-refractivity contribution in [2.24, 2.45) is 5.92 Å². The van der Waals surface area contributed by atoms with Crippen LogP contribution in [0.15, 0.2) is 89.6 Å². The van der Waals surface area contributed by atoms with Gasteiger partial charge in [0.1, 0.15) is 11.9 Å². The van der Waals surface area contributed by atoms with E-state index in [4.69, 9.17) is 0 Å². The third-order valence-electron chi connectivity index (χ3n) is 8.61. The third kappa shape index (κ3) is 7.89. The first-order valence-electron chi connectivity index (χ1n) is 16.5. The molecule has 3 heterocycles. The van der Waals surface area contributed by atoms with Crippen molar-refractivity contribution in [3.8, 4) is 0 Å². The van der Waals surface area contributed by atoms with E-state index in [0.29, 0.717) is 16.6 Å². The first-order chi connectivity index (χ1) is 22.1. The van der Waals surface area contributed by atoms with Crippen molar-refractivity contribution in [2.75, 3.05) is 18.4 Å². The van der Waals surface area contributed by atoms with E-state index in [1.807, 2.05) is 36.4 Å². The lowest BCUT2D eigenvalue weighted by Crippen LogP contribution is -2.35. The Morgan fingerprint density at radius 1 is 1.18 bits per heavy atom. The molecule has 0 bridgehead atoms. The first kappa shape index (κ1) is 32.6. The number of piperidine rings is 1. The average molecular weight is 625 g/mol. The lowest BCUT2D eigenvalue weighted by atomic mass is 9.84. The second-order valence-electron chi connectivity index (χ2n) is 11.5. The van der Waals surface area contributed by atoms with Gasteiger partial charge >= 0.3 is 0 Å². The zero-order valence-electron chi connectivity index (χ0n) is 26.7. The van der Waals surface area contributed by atoms with Crippen LogP contribution in [0, 0.1) is 11.7 Å². The summed E-state index contributed by atoms with van der Waals surface area (Å²) in [7, 11) is 0. The van der Waals surface area contributed by atoms with Crippen LogP contribution < -0.4 is 10.6 Å². The van der Waals surface area contributed by atoms with Crippen molar-refractivity contribution in [3.05, 3.63) is 118 Å². The molecule has 45 heavy (non-hydrogen) atoms. The van der Waals surface area contributed by atoms with Crippen LogP contribution in [0.3, 0.4) is 0 Å². The summed E-state index contributed by atoms with van der Waals surface area (Å²) in [6.07, 6.45) is 20.1. The molecule has 5 nitrogen and oxygen atoms in total. The number of nitrogens with one attached hydrogen (secondary N) is 2. The van der Waals surface area contributed by atoms with Gasteiger partial charge in [0.2, 0.25) is 0 Å². The minimum Gasteiger partial charge on any atom is -0.331 e. The molecule has 1 unspecified atom stereocenters. The average Bonchev–Trinajstić information content (AvgIpc) is 3.55. The molecular formula is C38H45FN4OS. The Morgan fingerprint density at radius 3 is 2.69 bits per heavy atom. The Morgan fingerprint density at radius 2 is 2.00 bits per heavy atom. The van der Waals surface area contributed by atoms with Crippen molar-refractivity contribution in [2.45, 2.75) is 71.8 Å². The predicted molar refractivity (Wildman–Crippen MR) is 186 cm³/mol. The Balaban J connectivity index is 0.00000196. The van der Waals surface area contributed by atoms with Gasteiger partial charge in [0, 0.05) is 29.0 Å². The van der Waals surface area contributed by atoms with Gasteiger partial charge in [0.05, 0.1) is 0 Å². The van der Waals surface area contributed by atoms with E-state index in [9.17, 15) is 9.18 Å². The van der Waals surface area contributed by atoms with Gasteiger partial charge in [-0.2, -0.15) is 0 Å². The Hall–Kier alpha value is -3.81. The molecule has 2 aromatic carbocycles. The van der Waals surface area contributed by atoms with Gasteiger partial charge < -0.3 is 10.2 Å². The number of rotatable bonds is 9. The normalized spacial score (nSPS) is 17.4. The van der Waals surface area contributed by atoms with Gasteiger partial charge in [-0.25, -0.2) is 9.37 Å². The Bertz CT molecular complexity index is 1560. The number of halogens is 1. The fourth-order valence-corrected chi connectivity index (χ4v) is 6.83. The minimum atomic E-state index is -0.748. The number of hydrogen-bond donors (Lipinski definition) is 2. The molecule has 3 aliphatic rings. The molecule has 236 valence electrons. The van der Waals surface area contributed by atoms with Crippen LogP contribution in [-0.2, 0) is 11.2 Å². The van der Waals surface area contributed by atoms with E-state index in [1.54, 1.807) is 12.3 Å². The van der Waals surface area contributed by atoms with Gasteiger partial charge in [-0.15, -0.1) is 11.3 Å². The van der Waals surface area contributed by atoms with Crippen LogP contribution in [0.25, 0.3) is 11.8 Å². The number of carbonyl (C=O) groups excluding carboxylic acids is 1. The molecule has 1 saturated heterocycles. The maximum Gasteiger partial charge on any atom is 0.253 e. The zero-order chi connectivity index (χ0) is 31.6. The van der Waals surface area contributed by atoms with E-state index < -0.39 is 6.04 Å².